The number of halogens is 4. The minimum absolute atomic E-state index is 0.0609. The van der Waals surface area contributed by atoms with Gasteiger partial charge in [0.25, 0.3) is 0 Å². The van der Waals surface area contributed by atoms with E-state index in [1.165, 1.54) is 24.3 Å². The maximum Gasteiger partial charge on any atom is 0.573 e. The van der Waals surface area contributed by atoms with Crippen LogP contribution < -0.4 is 19.9 Å². The summed E-state index contributed by atoms with van der Waals surface area (Å²) in [6.45, 7) is 0. The zero-order valence-electron chi connectivity index (χ0n) is 16.6. The summed E-state index contributed by atoms with van der Waals surface area (Å²) in [6.07, 6.45) is -4.97. The molecule has 0 saturated carbocycles. The number of anilines is 1. The molecule has 0 aliphatic rings. The second-order valence-electron chi connectivity index (χ2n) is 6.65. The van der Waals surface area contributed by atoms with Gasteiger partial charge in [-0.25, -0.2) is 13.6 Å². The van der Waals surface area contributed by atoms with Crippen LogP contribution in [0.4, 0.5) is 18.9 Å². The molecular weight excluding hydrogens is 485 g/mol. The van der Waals surface area contributed by atoms with Crippen LogP contribution in [0.15, 0.2) is 71.6 Å². The fourth-order valence-electron chi connectivity index (χ4n) is 2.77. The fourth-order valence-corrected chi connectivity index (χ4v) is 3.66. The van der Waals surface area contributed by atoms with Crippen molar-refractivity contribution in [2.75, 3.05) is 5.32 Å². The Morgan fingerprint density at radius 3 is 2.36 bits per heavy atom. The second kappa shape index (κ2) is 9.69. The van der Waals surface area contributed by atoms with E-state index in [0.717, 1.165) is 18.2 Å². The third-order valence-corrected chi connectivity index (χ3v) is 5.41. The fraction of sp³-hybridized carbons (Fsp3) is 0.0952. The van der Waals surface area contributed by atoms with Gasteiger partial charge in [-0.1, -0.05) is 35.9 Å². The lowest BCUT2D eigenvalue weighted by Crippen LogP contribution is -2.17. The molecule has 0 unspecified atom stereocenters. The molecule has 3 aromatic carbocycles. The van der Waals surface area contributed by atoms with E-state index in [4.69, 9.17) is 21.5 Å². The molecular formula is C21H16ClF3N2O5S. The predicted molar refractivity (Wildman–Crippen MR) is 115 cm³/mol. The van der Waals surface area contributed by atoms with Crippen molar-refractivity contribution in [2.45, 2.75) is 17.7 Å². The van der Waals surface area contributed by atoms with Crippen molar-refractivity contribution in [3.8, 4) is 17.2 Å². The number of carbonyl (C=O) groups is 1. The largest absolute Gasteiger partial charge is 0.573 e. The first-order valence-electron chi connectivity index (χ1n) is 9.14. The molecule has 12 heteroatoms. The smallest absolute Gasteiger partial charge is 0.456 e. The van der Waals surface area contributed by atoms with Crippen LogP contribution in [0.5, 0.6) is 17.2 Å². The molecule has 33 heavy (non-hydrogen) atoms. The number of alkyl halides is 3. The van der Waals surface area contributed by atoms with Gasteiger partial charge in [-0.05, 0) is 42.0 Å². The van der Waals surface area contributed by atoms with Gasteiger partial charge in [-0.3, -0.25) is 4.79 Å². The average Bonchev–Trinajstić information content (AvgIpc) is 2.69. The molecule has 0 aliphatic heterocycles. The van der Waals surface area contributed by atoms with Crippen molar-refractivity contribution >= 4 is 33.2 Å². The molecule has 3 rings (SSSR count). The van der Waals surface area contributed by atoms with Crippen molar-refractivity contribution in [3.05, 3.63) is 77.3 Å². The lowest BCUT2D eigenvalue weighted by Gasteiger charge is -2.14. The molecule has 0 aliphatic carbocycles. The monoisotopic (exact) mass is 500 g/mol. The Labute approximate surface area is 191 Å². The van der Waals surface area contributed by atoms with Gasteiger partial charge in [-0.15, -0.1) is 13.2 Å². The summed E-state index contributed by atoms with van der Waals surface area (Å²) in [6, 6.07) is 14.9. The number of amides is 1. The quantitative estimate of drug-likeness (QED) is 0.481. The summed E-state index contributed by atoms with van der Waals surface area (Å²) >= 11 is 6.04. The number of sulfonamides is 1. The normalized spacial score (nSPS) is 11.7. The maximum absolute atomic E-state index is 12.4. The van der Waals surface area contributed by atoms with Gasteiger partial charge in [0.1, 0.15) is 22.1 Å². The Morgan fingerprint density at radius 1 is 1.00 bits per heavy atom. The van der Waals surface area contributed by atoms with E-state index in [1.54, 1.807) is 24.3 Å². The third kappa shape index (κ3) is 7.11. The molecule has 174 valence electrons. The summed E-state index contributed by atoms with van der Waals surface area (Å²) in [5.41, 5.74) is 0.682. The van der Waals surface area contributed by atoms with E-state index < -0.39 is 32.9 Å². The first kappa shape index (κ1) is 24.4. The van der Waals surface area contributed by atoms with Gasteiger partial charge >= 0.3 is 6.36 Å². The Balaban J connectivity index is 1.82. The maximum atomic E-state index is 12.4. The number of benzene rings is 3. The minimum Gasteiger partial charge on any atom is -0.456 e. The van der Waals surface area contributed by atoms with Gasteiger partial charge < -0.3 is 14.8 Å². The third-order valence-electron chi connectivity index (χ3n) is 4.11. The van der Waals surface area contributed by atoms with Crippen molar-refractivity contribution in [1.82, 2.24) is 0 Å². The Hall–Kier alpha value is -3.28. The zero-order valence-corrected chi connectivity index (χ0v) is 18.2. The van der Waals surface area contributed by atoms with Crippen LogP contribution in [0, 0.1) is 0 Å². The van der Waals surface area contributed by atoms with Gasteiger partial charge in [0, 0.05) is 16.8 Å². The number of hydrogen-bond donors (Lipinski definition) is 2. The van der Waals surface area contributed by atoms with Crippen LogP contribution in [0.3, 0.4) is 0 Å². The summed E-state index contributed by atoms with van der Waals surface area (Å²) in [5, 5.41) is 8.20. The van der Waals surface area contributed by atoms with Crippen LogP contribution in [-0.4, -0.2) is 20.7 Å². The second-order valence-corrected chi connectivity index (χ2v) is 8.58. The number of primary sulfonamides is 1. The predicted octanol–water partition coefficient (Wildman–Crippen LogP) is 4.86. The van der Waals surface area contributed by atoms with Crippen LogP contribution in [0.1, 0.15) is 5.56 Å². The number of nitrogens with two attached hydrogens (primary N) is 1. The minimum atomic E-state index is -4.91. The van der Waals surface area contributed by atoms with Gasteiger partial charge in [-0.2, -0.15) is 0 Å². The van der Waals surface area contributed by atoms with Crippen LogP contribution in [0.25, 0.3) is 0 Å². The van der Waals surface area contributed by atoms with E-state index in [0.29, 0.717) is 10.6 Å². The zero-order chi connectivity index (χ0) is 24.2. The van der Waals surface area contributed by atoms with E-state index in [9.17, 15) is 26.4 Å². The van der Waals surface area contributed by atoms with Gasteiger partial charge in [0.15, 0.2) is 0 Å². The Bertz CT molecular complexity index is 1280. The molecule has 0 aromatic heterocycles. The lowest BCUT2D eigenvalue weighted by atomic mass is 10.1. The highest BCUT2D eigenvalue weighted by molar-refractivity contribution is 7.89. The average molecular weight is 501 g/mol. The molecule has 0 bridgehead atoms. The van der Waals surface area contributed by atoms with Crippen molar-refractivity contribution < 1.29 is 35.9 Å². The number of rotatable bonds is 7. The van der Waals surface area contributed by atoms with Crippen molar-refractivity contribution in [1.29, 1.82) is 0 Å². The summed E-state index contributed by atoms with van der Waals surface area (Å²) in [5.74, 6) is -1.40. The van der Waals surface area contributed by atoms with Crippen LogP contribution in [0.2, 0.25) is 5.02 Å². The summed E-state index contributed by atoms with van der Waals surface area (Å²) < 4.78 is 70.7. The molecule has 3 aromatic rings. The van der Waals surface area contributed by atoms with E-state index in [1.807, 2.05) is 0 Å². The summed E-state index contributed by atoms with van der Waals surface area (Å²) in [7, 11) is -4.33. The standard InChI is InChI=1S/C21H16ClF3N2O5S/c22-17-7-2-1-4-13(17)10-20(28)27-14-8-9-18(19(11-14)33(26,29)30)31-15-5-3-6-16(12-15)32-21(23,24)25/h1-9,11-12H,10H2,(H,27,28)(H2,26,29,30). The number of ether oxygens (including phenoxy) is 2. The SMILES string of the molecule is NS(=O)(=O)c1cc(NC(=O)Cc2ccccc2Cl)ccc1Oc1cccc(OC(F)(F)F)c1. The van der Waals surface area contributed by atoms with Gasteiger partial charge in [0.05, 0.1) is 6.42 Å². The highest BCUT2D eigenvalue weighted by atomic mass is 35.5. The molecule has 7 nitrogen and oxygen atoms in total. The number of hydrogen-bond acceptors (Lipinski definition) is 5. The first-order chi connectivity index (χ1) is 15.4. The molecule has 3 N–H and O–H groups in total. The Morgan fingerprint density at radius 2 is 1.70 bits per heavy atom. The molecule has 0 radical (unpaired) electrons. The molecule has 0 spiro atoms. The van der Waals surface area contributed by atoms with Crippen LogP contribution in [-0.2, 0) is 21.2 Å². The van der Waals surface area contributed by atoms with Crippen LogP contribution >= 0.6 is 11.6 Å². The van der Waals surface area contributed by atoms with Crippen molar-refractivity contribution in [3.63, 3.8) is 0 Å². The molecule has 0 atom stereocenters. The molecule has 0 saturated heterocycles. The lowest BCUT2D eigenvalue weighted by molar-refractivity contribution is -0.274. The number of nitrogens with one attached hydrogen (secondary N) is 1. The molecule has 1 amide bonds. The van der Waals surface area contributed by atoms with E-state index >= 15 is 0 Å². The topological polar surface area (TPSA) is 108 Å². The number of carbonyl (C=O) groups excluding carboxylic acids is 1. The highest BCUT2D eigenvalue weighted by Gasteiger charge is 2.31. The van der Waals surface area contributed by atoms with Crippen molar-refractivity contribution in [2.24, 2.45) is 5.14 Å². The molecule has 0 heterocycles. The van der Waals surface area contributed by atoms with E-state index in [2.05, 4.69) is 10.1 Å². The highest BCUT2D eigenvalue weighted by Crippen LogP contribution is 2.33. The summed E-state index contributed by atoms with van der Waals surface area (Å²) in [4.78, 5) is 11.8. The van der Waals surface area contributed by atoms with Gasteiger partial charge in [0.2, 0.25) is 15.9 Å². The molecule has 0 fully saturated rings. The first-order valence-corrected chi connectivity index (χ1v) is 11.1. The van der Waals surface area contributed by atoms with E-state index in [-0.39, 0.29) is 23.6 Å². The Kier molecular flexibility index (Phi) is 7.15.